The Balaban J connectivity index is 1.77. The third-order valence-corrected chi connectivity index (χ3v) is 2.93. The number of rotatable bonds is 6. The molecule has 0 saturated carbocycles. The number of halogens is 1. The van der Waals surface area contributed by atoms with Gasteiger partial charge in [0, 0.05) is 12.7 Å². The van der Waals surface area contributed by atoms with E-state index in [0.29, 0.717) is 5.69 Å². The summed E-state index contributed by atoms with van der Waals surface area (Å²) >= 11 is 0. The molecule has 2 N–H and O–H groups in total. The molecule has 0 aliphatic heterocycles. The molecule has 2 amide bonds. The molecule has 2 rings (SSSR count). The lowest BCUT2D eigenvalue weighted by Crippen LogP contribution is -2.36. The molecule has 1 heterocycles. The Kier molecular flexibility index (Phi) is 5.35. The van der Waals surface area contributed by atoms with Gasteiger partial charge in [0.05, 0.1) is 18.4 Å². The Bertz CT molecular complexity index is 630. The molecule has 0 bridgehead atoms. The van der Waals surface area contributed by atoms with Gasteiger partial charge in [0.15, 0.2) is 11.6 Å². The second-order valence-corrected chi connectivity index (χ2v) is 4.78. The highest BCUT2D eigenvalue weighted by Gasteiger charge is 2.10. The van der Waals surface area contributed by atoms with E-state index < -0.39 is 5.82 Å². The van der Waals surface area contributed by atoms with Gasteiger partial charge in [0.1, 0.15) is 6.10 Å². The number of urea groups is 1. The Labute approximate surface area is 128 Å². The van der Waals surface area contributed by atoms with Crippen molar-refractivity contribution in [1.82, 2.24) is 15.1 Å². The number of nitrogens with one attached hydrogen (secondary N) is 2. The fourth-order valence-corrected chi connectivity index (χ4v) is 1.81. The summed E-state index contributed by atoms with van der Waals surface area (Å²) in [4.78, 5) is 11.7. The predicted octanol–water partition coefficient (Wildman–Crippen LogP) is 2.63. The van der Waals surface area contributed by atoms with Gasteiger partial charge < -0.3 is 15.4 Å². The zero-order valence-corrected chi connectivity index (χ0v) is 12.5. The molecule has 6 nitrogen and oxygen atoms in total. The summed E-state index contributed by atoms with van der Waals surface area (Å²) < 4.78 is 20.6. The van der Waals surface area contributed by atoms with Crippen LogP contribution in [-0.4, -0.2) is 28.5 Å². The fourth-order valence-electron chi connectivity index (χ4n) is 1.81. The average molecular weight is 306 g/mol. The molecule has 0 radical (unpaired) electrons. The van der Waals surface area contributed by atoms with Crippen LogP contribution in [0.2, 0.25) is 0 Å². The third kappa shape index (κ3) is 4.47. The van der Waals surface area contributed by atoms with Crippen molar-refractivity contribution in [3.63, 3.8) is 0 Å². The monoisotopic (exact) mass is 306 g/mol. The minimum atomic E-state index is -0.425. The second-order valence-electron chi connectivity index (χ2n) is 4.78. The number of para-hydroxylation sites is 1. The van der Waals surface area contributed by atoms with E-state index in [9.17, 15) is 9.18 Å². The Hall–Kier alpha value is -2.57. The van der Waals surface area contributed by atoms with E-state index in [2.05, 4.69) is 15.7 Å². The lowest BCUT2D eigenvalue weighted by atomic mass is 10.3. The first-order valence-corrected chi connectivity index (χ1v) is 7.07. The Morgan fingerprint density at radius 3 is 2.91 bits per heavy atom. The van der Waals surface area contributed by atoms with E-state index >= 15 is 0 Å². The van der Waals surface area contributed by atoms with Crippen LogP contribution in [0.1, 0.15) is 13.8 Å². The van der Waals surface area contributed by atoms with E-state index in [0.717, 1.165) is 6.54 Å². The Morgan fingerprint density at radius 2 is 2.23 bits per heavy atom. The van der Waals surface area contributed by atoms with E-state index in [1.54, 1.807) is 42.2 Å². The number of nitrogens with zero attached hydrogens (tertiary/aromatic N) is 2. The van der Waals surface area contributed by atoms with Crippen LogP contribution < -0.4 is 15.4 Å². The van der Waals surface area contributed by atoms with Crippen molar-refractivity contribution in [1.29, 1.82) is 0 Å². The van der Waals surface area contributed by atoms with Crippen molar-refractivity contribution in [3.8, 4) is 5.75 Å². The van der Waals surface area contributed by atoms with Crippen molar-refractivity contribution >= 4 is 11.7 Å². The summed E-state index contributed by atoms with van der Waals surface area (Å²) in [7, 11) is 0. The van der Waals surface area contributed by atoms with Gasteiger partial charge in [0.25, 0.3) is 0 Å². The van der Waals surface area contributed by atoms with Crippen molar-refractivity contribution < 1.29 is 13.9 Å². The van der Waals surface area contributed by atoms with Crippen LogP contribution in [0.15, 0.2) is 36.7 Å². The van der Waals surface area contributed by atoms with E-state index in [1.165, 1.54) is 6.07 Å². The minimum Gasteiger partial charge on any atom is -0.486 e. The molecule has 7 heteroatoms. The van der Waals surface area contributed by atoms with E-state index in [1.807, 2.05) is 6.92 Å². The van der Waals surface area contributed by atoms with Gasteiger partial charge in [0.2, 0.25) is 0 Å². The fraction of sp³-hybridized carbons (Fsp3) is 0.333. The van der Waals surface area contributed by atoms with Gasteiger partial charge in [-0.3, -0.25) is 4.68 Å². The first-order valence-electron chi connectivity index (χ1n) is 7.07. The predicted molar refractivity (Wildman–Crippen MR) is 81.4 cm³/mol. The highest BCUT2D eigenvalue weighted by atomic mass is 19.1. The topological polar surface area (TPSA) is 68.2 Å². The van der Waals surface area contributed by atoms with Gasteiger partial charge in [-0.1, -0.05) is 12.1 Å². The number of aromatic nitrogens is 2. The summed E-state index contributed by atoms with van der Waals surface area (Å²) in [5, 5.41) is 9.38. The largest absolute Gasteiger partial charge is 0.486 e. The highest BCUT2D eigenvalue weighted by molar-refractivity contribution is 5.88. The maximum Gasteiger partial charge on any atom is 0.319 e. The number of aryl methyl sites for hydroxylation is 1. The summed E-state index contributed by atoms with van der Waals surface area (Å²) in [6.45, 7) is 4.69. The van der Waals surface area contributed by atoms with Crippen LogP contribution in [0.3, 0.4) is 0 Å². The maximum atomic E-state index is 13.4. The van der Waals surface area contributed by atoms with Gasteiger partial charge >= 0.3 is 6.03 Å². The highest BCUT2D eigenvalue weighted by Crippen LogP contribution is 2.16. The first kappa shape index (κ1) is 15.8. The van der Waals surface area contributed by atoms with Crippen molar-refractivity contribution in [2.75, 3.05) is 11.9 Å². The molecule has 0 fully saturated rings. The van der Waals surface area contributed by atoms with Crippen LogP contribution in [0.5, 0.6) is 5.75 Å². The van der Waals surface area contributed by atoms with E-state index in [4.69, 9.17) is 4.74 Å². The number of ether oxygens (including phenoxy) is 1. The first-order chi connectivity index (χ1) is 10.6. The summed E-state index contributed by atoms with van der Waals surface area (Å²) in [6.07, 6.45) is 2.95. The van der Waals surface area contributed by atoms with Gasteiger partial charge in [-0.15, -0.1) is 0 Å². The van der Waals surface area contributed by atoms with Crippen LogP contribution in [-0.2, 0) is 6.54 Å². The van der Waals surface area contributed by atoms with Crippen LogP contribution in [0.25, 0.3) is 0 Å². The van der Waals surface area contributed by atoms with Crippen LogP contribution in [0, 0.1) is 5.82 Å². The number of amides is 2. The van der Waals surface area contributed by atoms with Crippen LogP contribution >= 0.6 is 0 Å². The lowest BCUT2D eigenvalue weighted by molar-refractivity contribution is 0.205. The number of hydrogen-bond acceptors (Lipinski definition) is 3. The number of carbonyl (C=O) groups is 1. The quantitative estimate of drug-likeness (QED) is 0.862. The molecule has 1 unspecified atom stereocenters. The summed E-state index contributed by atoms with van der Waals surface area (Å²) in [6, 6.07) is 5.80. The van der Waals surface area contributed by atoms with Gasteiger partial charge in [-0.2, -0.15) is 5.10 Å². The molecule has 0 spiro atoms. The molecular weight excluding hydrogens is 287 g/mol. The smallest absolute Gasteiger partial charge is 0.319 e. The minimum absolute atomic E-state index is 0.168. The van der Waals surface area contributed by atoms with Crippen molar-refractivity contribution in [2.45, 2.75) is 26.5 Å². The molecule has 0 saturated heterocycles. The standard InChI is InChI=1S/C15H19FN4O2/c1-3-20-10-12(9-18-20)19-15(21)17-8-11(2)22-14-7-5-4-6-13(14)16/h4-7,9-11H,3,8H2,1-2H3,(H2,17,19,21). The third-order valence-electron chi connectivity index (χ3n) is 2.93. The molecule has 1 aromatic carbocycles. The number of benzene rings is 1. The molecule has 118 valence electrons. The molecule has 0 aliphatic rings. The van der Waals surface area contributed by atoms with Crippen molar-refractivity contribution in [3.05, 3.63) is 42.5 Å². The molecule has 0 aliphatic carbocycles. The zero-order valence-electron chi connectivity index (χ0n) is 12.5. The van der Waals surface area contributed by atoms with E-state index in [-0.39, 0.29) is 24.4 Å². The SMILES string of the molecule is CCn1cc(NC(=O)NCC(C)Oc2ccccc2F)cn1. The lowest BCUT2D eigenvalue weighted by Gasteiger charge is -2.15. The van der Waals surface area contributed by atoms with Crippen LogP contribution in [0.4, 0.5) is 14.9 Å². The Morgan fingerprint density at radius 1 is 1.45 bits per heavy atom. The summed E-state index contributed by atoms with van der Waals surface area (Å²) in [5.74, 6) is -0.257. The zero-order chi connectivity index (χ0) is 15.9. The average Bonchev–Trinajstić information content (AvgIpc) is 2.95. The summed E-state index contributed by atoms with van der Waals surface area (Å²) in [5.41, 5.74) is 0.613. The van der Waals surface area contributed by atoms with Gasteiger partial charge in [-0.25, -0.2) is 9.18 Å². The molecule has 1 aromatic heterocycles. The van der Waals surface area contributed by atoms with Gasteiger partial charge in [-0.05, 0) is 26.0 Å². The number of carbonyl (C=O) groups excluding carboxylic acids is 1. The second kappa shape index (κ2) is 7.44. The molecule has 1 atom stereocenters. The molecular formula is C15H19FN4O2. The van der Waals surface area contributed by atoms with Crippen molar-refractivity contribution in [2.24, 2.45) is 0 Å². The molecule has 2 aromatic rings. The number of hydrogen-bond donors (Lipinski definition) is 2. The normalized spacial score (nSPS) is 11.8. The molecule has 22 heavy (non-hydrogen) atoms. The maximum absolute atomic E-state index is 13.4. The number of anilines is 1.